The minimum Gasteiger partial charge on any atom is -0.497 e. The highest BCUT2D eigenvalue weighted by atomic mass is 16.5. The molecule has 2 fully saturated rings. The summed E-state index contributed by atoms with van der Waals surface area (Å²) >= 11 is 0. The van der Waals surface area contributed by atoms with E-state index in [2.05, 4.69) is 10.2 Å². The number of amides is 2. The van der Waals surface area contributed by atoms with Gasteiger partial charge in [0.15, 0.2) is 0 Å². The average Bonchev–Trinajstić information content (AvgIpc) is 3.14. The van der Waals surface area contributed by atoms with Crippen LogP contribution in [0.1, 0.15) is 19.3 Å². The number of benzene rings is 1. The van der Waals surface area contributed by atoms with E-state index in [9.17, 15) is 9.59 Å². The summed E-state index contributed by atoms with van der Waals surface area (Å²) in [5, 5.41) is 2.90. The molecule has 0 spiro atoms. The van der Waals surface area contributed by atoms with Gasteiger partial charge in [0.1, 0.15) is 17.6 Å². The van der Waals surface area contributed by atoms with Crippen LogP contribution in [-0.4, -0.2) is 81.3 Å². The maximum atomic E-state index is 12.5. The Bertz CT molecular complexity index is 668. The summed E-state index contributed by atoms with van der Waals surface area (Å²) in [6.07, 6.45) is 2.33. The quantitative estimate of drug-likeness (QED) is 0.789. The van der Waals surface area contributed by atoms with E-state index in [4.69, 9.17) is 14.2 Å². The van der Waals surface area contributed by atoms with E-state index < -0.39 is 0 Å². The Labute approximate surface area is 165 Å². The van der Waals surface area contributed by atoms with Gasteiger partial charge in [-0.25, -0.2) is 0 Å². The maximum Gasteiger partial charge on any atom is 0.251 e. The van der Waals surface area contributed by atoms with Crippen LogP contribution in [0.25, 0.3) is 0 Å². The number of hydrogen-bond acceptors (Lipinski definition) is 6. The summed E-state index contributed by atoms with van der Waals surface area (Å²) in [6.45, 7) is 3.74. The van der Waals surface area contributed by atoms with Crippen molar-refractivity contribution in [2.24, 2.45) is 0 Å². The Balaban J connectivity index is 1.51. The molecule has 2 aliphatic heterocycles. The lowest BCUT2D eigenvalue weighted by molar-refractivity contribution is -0.140. The third kappa shape index (κ3) is 5.36. The van der Waals surface area contributed by atoms with Gasteiger partial charge in [0.2, 0.25) is 5.91 Å². The number of hydrogen-bond donors (Lipinski definition) is 1. The molecule has 3 rings (SSSR count). The summed E-state index contributed by atoms with van der Waals surface area (Å²) in [4.78, 5) is 29.0. The van der Waals surface area contributed by atoms with Gasteiger partial charge in [-0.1, -0.05) is 0 Å². The lowest BCUT2D eigenvalue weighted by Crippen LogP contribution is -2.42. The first kappa shape index (κ1) is 20.4. The number of carbonyl (C=O) groups is 2. The molecule has 8 nitrogen and oxygen atoms in total. The molecule has 2 saturated heterocycles. The molecule has 0 radical (unpaired) electrons. The van der Waals surface area contributed by atoms with Crippen molar-refractivity contribution in [3.8, 4) is 11.5 Å². The number of methoxy groups -OCH3 is 2. The fourth-order valence-corrected chi connectivity index (χ4v) is 3.61. The molecule has 154 valence electrons. The van der Waals surface area contributed by atoms with E-state index in [1.807, 2.05) is 4.90 Å². The molecule has 2 aliphatic rings. The standard InChI is InChI=1S/C20H29N3O5/c1-26-16-11-15(12-17(13-16)27-2)21-19(24)14-22-6-4-7-23(9-8-22)20(25)18-5-3-10-28-18/h11-13,18H,3-10,14H2,1-2H3,(H,21,24)/t18-/m0/s1. The molecule has 0 aromatic heterocycles. The molecule has 1 atom stereocenters. The van der Waals surface area contributed by atoms with Crippen LogP contribution in [0.3, 0.4) is 0 Å². The summed E-state index contributed by atoms with van der Waals surface area (Å²) < 4.78 is 16.0. The molecule has 8 heteroatoms. The van der Waals surface area contributed by atoms with E-state index in [0.29, 0.717) is 43.4 Å². The van der Waals surface area contributed by atoms with Crippen molar-refractivity contribution in [2.45, 2.75) is 25.4 Å². The number of ether oxygens (including phenoxy) is 3. The second-order valence-corrected chi connectivity index (χ2v) is 7.11. The molecule has 1 aromatic rings. The maximum absolute atomic E-state index is 12.5. The number of nitrogens with one attached hydrogen (secondary N) is 1. The van der Waals surface area contributed by atoms with Crippen molar-refractivity contribution in [1.82, 2.24) is 9.80 Å². The van der Waals surface area contributed by atoms with Crippen LogP contribution in [0.5, 0.6) is 11.5 Å². The Morgan fingerprint density at radius 1 is 1.07 bits per heavy atom. The van der Waals surface area contributed by atoms with Gasteiger partial charge < -0.3 is 24.4 Å². The highest BCUT2D eigenvalue weighted by Crippen LogP contribution is 2.25. The summed E-state index contributed by atoms with van der Waals surface area (Å²) in [5.41, 5.74) is 0.631. The Morgan fingerprint density at radius 2 is 1.82 bits per heavy atom. The smallest absolute Gasteiger partial charge is 0.251 e. The van der Waals surface area contributed by atoms with Gasteiger partial charge in [-0.15, -0.1) is 0 Å². The number of rotatable bonds is 6. The van der Waals surface area contributed by atoms with Crippen LogP contribution < -0.4 is 14.8 Å². The van der Waals surface area contributed by atoms with Gasteiger partial charge in [-0.3, -0.25) is 14.5 Å². The van der Waals surface area contributed by atoms with E-state index in [-0.39, 0.29) is 24.5 Å². The zero-order valence-electron chi connectivity index (χ0n) is 16.6. The first-order valence-corrected chi connectivity index (χ1v) is 9.74. The summed E-state index contributed by atoms with van der Waals surface area (Å²) in [6, 6.07) is 5.26. The first-order valence-electron chi connectivity index (χ1n) is 9.74. The van der Waals surface area contributed by atoms with Crippen LogP contribution in [0, 0.1) is 0 Å². The Morgan fingerprint density at radius 3 is 2.46 bits per heavy atom. The van der Waals surface area contributed by atoms with Crippen molar-refractivity contribution < 1.29 is 23.8 Å². The van der Waals surface area contributed by atoms with Crippen molar-refractivity contribution in [2.75, 3.05) is 58.9 Å². The highest BCUT2D eigenvalue weighted by molar-refractivity contribution is 5.92. The zero-order valence-corrected chi connectivity index (χ0v) is 16.6. The topological polar surface area (TPSA) is 80.3 Å². The molecule has 28 heavy (non-hydrogen) atoms. The van der Waals surface area contributed by atoms with Gasteiger partial charge in [-0.05, 0) is 19.3 Å². The van der Waals surface area contributed by atoms with Crippen LogP contribution >= 0.6 is 0 Å². The minimum absolute atomic E-state index is 0.0901. The monoisotopic (exact) mass is 391 g/mol. The van der Waals surface area contributed by atoms with Crippen molar-refractivity contribution in [3.05, 3.63) is 18.2 Å². The molecule has 2 amide bonds. The lowest BCUT2D eigenvalue weighted by atomic mass is 10.2. The lowest BCUT2D eigenvalue weighted by Gasteiger charge is -2.24. The Kier molecular flexibility index (Phi) is 7.11. The average molecular weight is 391 g/mol. The van der Waals surface area contributed by atoms with Crippen LogP contribution in [-0.2, 0) is 14.3 Å². The third-order valence-electron chi connectivity index (χ3n) is 5.11. The Hall–Kier alpha value is -2.32. The fraction of sp³-hybridized carbons (Fsp3) is 0.600. The minimum atomic E-state index is -0.280. The summed E-state index contributed by atoms with van der Waals surface area (Å²) in [5.74, 6) is 1.22. The number of nitrogens with zero attached hydrogens (tertiary/aromatic N) is 2. The van der Waals surface area contributed by atoms with Crippen LogP contribution in [0.4, 0.5) is 5.69 Å². The van der Waals surface area contributed by atoms with Gasteiger partial charge in [-0.2, -0.15) is 0 Å². The highest BCUT2D eigenvalue weighted by Gasteiger charge is 2.29. The molecule has 0 unspecified atom stereocenters. The van der Waals surface area contributed by atoms with E-state index >= 15 is 0 Å². The first-order chi connectivity index (χ1) is 13.6. The van der Waals surface area contributed by atoms with Gasteiger partial charge >= 0.3 is 0 Å². The van der Waals surface area contributed by atoms with Gasteiger partial charge in [0.05, 0.1) is 20.8 Å². The van der Waals surface area contributed by atoms with Crippen molar-refractivity contribution >= 4 is 17.5 Å². The normalized spacial score (nSPS) is 20.5. The number of anilines is 1. The number of carbonyl (C=O) groups excluding carboxylic acids is 2. The second kappa shape index (κ2) is 9.75. The largest absolute Gasteiger partial charge is 0.497 e. The molecule has 0 bridgehead atoms. The van der Waals surface area contributed by atoms with Gasteiger partial charge in [0, 0.05) is 56.7 Å². The predicted molar refractivity (Wildman–Crippen MR) is 105 cm³/mol. The summed E-state index contributed by atoms with van der Waals surface area (Å²) in [7, 11) is 3.14. The predicted octanol–water partition coefficient (Wildman–Crippen LogP) is 1.36. The van der Waals surface area contributed by atoms with Crippen LogP contribution in [0.15, 0.2) is 18.2 Å². The van der Waals surface area contributed by atoms with Gasteiger partial charge in [0.25, 0.3) is 5.91 Å². The molecular weight excluding hydrogens is 362 g/mol. The second-order valence-electron chi connectivity index (χ2n) is 7.11. The van der Waals surface area contributed by atoms with Crippen LogP contribution in [0.2, 0.25) is 0 Å². The zero-order chi connectivity index (χ0) is 19.9. The van der Waals surface area contributed by atoms with Crippen molar-refractivity contribution in [3.63, 3.8) is 0 Å². The molecule has 0 saturated carbocycles. The van der Waals surface area contributed by atoms with E-state index in [0.717, 1.165) is 25.8 Å². The molecular formula is C20H29N3O5. The molecule has 0 aliphatic carbocycles. The molecule has 2 heterocycles. The van der Waals surface area contributed by atoms with E-state index in [1.54, 1.807) is 32.4 Å². The fourth-order valence-electron chi connectivity index (χ4n) is 3.61. The molecule has 1 N–H and O–H groups in total. The SMILES string of the molecule is COc1cc(NC(=O)CN2CCCN(C(=O)[C@@H]3CCCO3)CC2)cc(OC)c1. The van der Waals surface area contributed by atoms with Crippen molar-refractivity contribution in [1.29, 1.82) is 0 Å². The molecule has 1 aromatic carbocycles. The van der Waals surface area contributed by atoms with E-state index in [1.165, 1.54) is 0 Å². The third-order valence-corrected chi connectivity index (χ3v) is 5.11.